The third-order valence-corrected chi connectivity index (χ3v) is 6.13. The number of hydrogen-bond acceptors (Lipinski definition) is 7. The van der Waals surface area contributed by atoms with E-state index in [-0.39, 0.29) is 11.7 Å². The van der Waals surface area contributed by atoms with Crippen molar-refractivity contribution in [2.75, 3.05) is 31.0 Å². The molecule has 3 atom stereocenters. The van der Waals surface area contributed by atoms with Crippen LogP contribution in [0.25, 0.3) is 0 Å². The first-order chi connectivity index (χ1) is 16.0. The molecule has 0 amide bonds. The number of anilines is 2. The highest BCUT2D eigenvalue weighted by Crippen LogP contribution is 2.45. The first-order valence-corrected chi connectivity index (χ1v) is 11.4. The smallest absolute Gasteiger partial charge is 0.316 e. The summed E-state index contributed by atoms with van der Waals surface area (Å²) in [4.78, 5) is 26.3. The molecule has 7 nitrogen and oxygen atoms in total. The van der Waals surface area contributed by atoms with Gasteiger partial charge >= 0.3 is 5.97 Å². The Labute approximate surface area is 194 Å². The van der Waals surface area contributed by atoms with Crippen molar-refractivity contribution in [2.24, 2.45) is 11.8 Å². The minimum Gasteiger partial charge on any atom is -0.490 e. The molecule has 1 aliphatic carbocycles. The zero-order chi connectivity index (χ0) is 23.5. The zero-order valence-corrected chi connectivity index (χ0v) is 19.4. The van der Waals surface area contributed by atoms with Gasteiger partial charge in [-0.15, -0.1) is 0 Å². The van der Waals surface area contributed by atoms with Crippen molar-refractivity contribution in [3.8, 4) is 11.5 Å². The maximum atomic E-state index is 13.7. The third-order valence-electron chi connectivity index (χ3n) is 6.13. The van der Waals surface area contributed by atoms with Crippen LogP contribution < -0.4 is 20.1 Å². The Morgan fingerprint density at radius 3 is 2.42 bits per heavy atom. The van der Waals surface area contributed by atoms with E-state index >= 15 is 0 Å². The second-order valence-electron chi connectivity index (χ2n) is 8.26. The van der Waals surface area contributed by atoms with E-state index in [1.165, 1.54) is 7.11 Å². The summed E-state index contributed by atoms with van der Waals surface area (Å²) < 4.78 is 16.5. The summed E-state index contributed by atoms with van der Waals surface area (Å²) in [6, 6.07) is 13.1. The van der Waals surface area contributed by atoms with Crippen molar-refractivity contribution in [1.29, 1.82) is 0 Å². The van der Waals surface area contributed by atoms with Crippen molar-refractivity contribution < 1.29 is 23.8 Å². The first-order valence-electron chi connectivity index (χ1n) is 11.4. The lowest BCUT2D eigenvalue weighted by molar-refractivity contribution is -0.151. The highest BCUT2D eigenvalue weighted by Gasteiger charge is 2.44. The van der Waals surface area contributed by atoms with Gasteiger partial charge in [0.25, 0.3) is 0 Å². The topological polar surface area (TPSA) is 85.9 Å². The van der Waals surface area contributed by atoms with Crippen molar-refractivity contribution in [3.63, 3.8) is 0 Å². The van der Waals surface area contributed by atoms with Crippen LogP contribution >= 0.6 is 0 Å². The lowest BCUT2D eigenvalue weighted by atomic mass is 9.75. The number of ether oxygens (including phenoxy) is 3. The van der Waals surface area contributed by atoms with Crippen molar-refractivity contribution in [1.82, 2.24) is 0 Å². The number of fused-ring (bicyclic) bond motifs is 1. The van der Waals surface area contributed by atoms with E-state index in [4.69, 9.17) is 14.2 Å². The van der Waals surface area contributed by atoms with Crippen LogP contribution in [0.2, 0.25) is 0 Å². The van der Waals surface area contributed by atoms with Gasteiger partial charge in [-0.1, -0.05) is 25.1 Å². The Hall–Kier alpha value is -3.48. The molecule has 4 rings (SSSR count). The van der Waals surface area contributed by atoms with Crippen LogP contribution in [0, 0.1) is 11.8 Å². The molecule has 33 heavy (non-hydrogen) atoms. The second-order valence-corrected chi connectivity index (χ2v) is 8.26. The average molecular weight is 451 g/mol. The van der Waals surface area contributed by atoms with E-state index in [0.717, 1.165) is 22.6 Å². The summed E-state index contributed by atoms with van der Waals surface area (Å²) >= 11 is 0. The standard InChI is InChI=1S/C26H30N2O5/c1-5-32-20-12-11-16(14-21(20)33-6-2)24-23-19(27-17-9-7-8-10-18(17)28-24)13-15(3)22(25(23)29)26(30)31-4/h7-12,14-15,22,24,27-28H,5-6,13H2,1-4H3/t15-,22+,24+/m1/s1. The van der Waals surface area contributed by atoms with Crippen molar-refractivity contribution >= 4 is 23.1 Å². The minimum atomic E-state index is -0.838. The van der Waals surface area contributed by atoms with Gasteiger partial charge in [0.2, 0.25) is 0 Å². The van der Waals surface area contributed by atoms with Gasteiger partial charge in [-0.25, -0.2) is 0 Å². The minimum absolute atomic E-state index is 0.179. The summed E-state index contributed by atoms with van der Waals surface area (Å²) in [5, 5.41) is 6.99. The molecule has 2 N–H and O–H groups in total. The van der Waals surface area contributed by atoms with Crippen LogP contribution in [0.15, 0.2) is 53.7 Å². The number of nitrogens with one attached hydrogen (secondary N) is 2. The molecule has 2 aromatic rings. The molecule has 1 heterocycles. The number of methoxy groups -OCH3 is 1. The Kier molecular flexibility index (Phi) is 6.58. The molecule has 0 unspecified atom stereocenters. The van der Waals surface area contributed by atoms with E-state index < -0.39 is 17.9 Å². The number of carbonyl (C=O) groups is 2. The third kappa shape index (κ3) is 4.27. The monoisotopic (exact) mass is 450 g/mol. The number of para-hydroxylation sites is 2. The summed E-state index contributed by atoms with van der Waals surface area (Å²) in [7, 11) is 1.32. The molecule has 0 saturated carbocycles. The fourth-order valence-corrected chi connectivity index (χ4v) is 4.63. The highest BCUT2D eigenvalue weighted by molar-refractivity contribution is 6.11. The summed E-state index contributed by atoms with van der Waals surface area (Å²) in [5.74, 6) is -0.467. The van der Waals surface area contributed by atoms with Gasteiger partial charge in [0, 0.05) is 11.3 Å². The van der Waals surface area contributed by atoms with E-state index in [9.17, 15) is 9.59 Å². The number of benzene rings is 2. The number of carbonyl (C=O) groups excluding carboxylic acids is 2. The molecule has 0 spiro atoms. The van der Waals surface area contributed by atoms with Crippen LogP contribution in [0.3, 0.4) is 0 Å². The largest absolute Gasteiger partial charge is 0.490 e. The quantitative estimate of drug-likeness (QED) is 0.487. The number of hydrogen-bond donors (Lipinski definition) is 2. The maximum absolute atomic E-state index is 13.7. The lowest BCUT2D eigenvalue weighted by Crippen LogP contribution is -2.39. The molecule has 0 radical (unpaired) electrons. The van der Waals surface area contributed by atoms with Crippen LogP contribution in [0.1, 0.15) is 38.8 Å². The van der Waals surface area contributed by atoms with Gasteiger partial charge in [0.15, 0.2) is 17.3 Å². The maximum Gasteiger partial charge on any atom is 0.316 e. The number of rotatable bonds is 6. The molecular weight excluding hydrogens is 420 g/mol. The number of Topliss-reactive ketones (excluding diaryl/α,β-unsaturated/α-hetero) is 1. The molecule has 1 aliphatic heterocycles. The molecule has 0 fully saturated rings. The summed E-state index contributed by atoms with van der Waals surface area (Å²) in [5.41, 5.74) is 3.98. The van der Waals surface area contributed by atoms with Crippen LogP contribution in [0.5, 0.6) is 11.5 Å². The predicted octanol–water partition coefficient (Wildman–Crippen LogP) is 4.71. The first kappa shape index (κ1) is 22.7. The molecule has 2 aromatic carbocycles. The SMILES string of the molecule is CCOc1ccc([C@@H]2Nc3ccccc3NC3=C2C(=O)[C@@H](C(=O)OC)[C@H](C)C3)cc1OCC. The highest BCUT2D eigenvalue weighted by atomic mass is 16.5. The van der Waals surface area contributed by atoms with Gasteiger partial charge in [0.05, 0.1) is 37.7 Å². The fraction of sp³-hybridized carbons (Fsp3) is 0.385. The van der Waals surface area contributed by atoms with Crippen LogP contribution in [-0.4, -0.2) is 32.1 Å². The Balaban J connectivity index is 1.86. The van der Waals surface area contributed by atoms with E-state index in [1.54, 1.807) is 0 Å². The van der Waals surface area contributed by atoms with Gasteiger partial charge in [-0.2, -0.15) is 0 Å². The van der Waals surface area contributed by atoms with E-state index in [1.807, 2.05) is 63.2 Å². The van der Waals surface area contributed by atoms with Crippen molar-refractivity contribution in [3.05, 3.63) is 59.3 Å². The number of ketones is 1. The Morgan fingerprint density at radius 2 is 1.73 bits per heavy atom. The Morgan fingerprint density at radius 1 is 1.03 bits per heavy atom. The second kappa shape index (κ2) is 9.57. The van der Waals surface area contributed by atoms with Crippen molar-refractivity contribution in [2.45, 2.75) is 33.2 Å². The number of esters is 1. The van der Waals surface area contributed by atoms with Gasteiger partial charge in [-0.05, 0) is 56.0 Å². The van der Waals surface area contributed by atoms with Gasteiger partial charge in [-0.3, -0.25) is 9.59 Å². The van der Waals surface area contributed by atoms with E-state index in [0.29, 0.717) is 36.7 Å². The lowest BCUT2D eigenvalue weighted by Gasteiger charge is -2.32. The molecule has 0 aromatic heterocycles. The Bertz CT molecular complexity index is 1090. The predicted molar refractivity (Wildman–Crippen MR) is 127 cm³/mol. The van der Waals surface area contributed by atoms with Gasteiger partial charge < -0.3 is 24.8 Å². The molecule has 0 saturated heterocycles. The number of allylic oxidation sites excluding steroid dienone is 1. The zero-order valence-electron chi connectivity index (χ0n) is 19.4. The van der Waals surface area contributed by atoms with E-state index in [2.05, 4.69) is 10.6 Å². The van der Waals surface area contributed by atoms with Gasteiger partial charge in [0.1, 0.15) is 5.92 Å². The molecule has 7 heteroatoms. The summed E-state index contributed by atoms with van der Waals surface area (Å²) in [6.07, 6.45) is 0.558. The fourth-order valence-electron chi connectivity index (χ4n) is 4.63. The normalized spacial score (nSPS) is 21.7. The summed E-state index contributed by atoms with van der Waals surface area (Å²) in [6.45, 7) is 6.76. The molecular formula is C26H30N2O5. The molecule has 2 aliphatic rings. The molecule has 174 valence electrons. The van der Waals surface area contributed by atoms with Crippen LogP contribution in [-0.2, 0) is 14.3 Å². The average Bonchev–Trinajstić information content (AvgIpc) is 2.97. The molecule has 0 bridgehead atoms. The van der Waals surface area contributed by atoms with Crippen LogP contribution in [0.4, 0.5) is 11.4 Å².